The molecule has 1 N–H and O–H groups in total. The van der Waals surface area contributed by atoms with Crippen LogP contribution in [0.2, 0.25) is 10.0 Å². The summed E-state index contributed by atoms with van der Waals surface area (Å²) in [6.45, 7) is 6.84. The van der Waals surface area contributed by atoms with Crippen molar-refractivity contribution in [3.05, 3.63) is 63.6 Å². The van der Waals surface area contributed by atoms with Crippen LogP contribution < -0.4 is 9.62 Å². The molecule has 0 saturated carbocycles. The van der Waals surface area contributed by atoms with Crippen LogP contribution >= 0.6 is 23.2 Å². The Morgan fingerprint density at radius 1 is 1.00 bits per heavy atom. The number of para-hydroxylation sites is 1. The molecule has 2 aromatic carbocycles. The second-order valence-corrected chi connectivity index (χ2v) is 11.3. The molecule has 0 radical (unpaired) electrons. The van der Waals surface area contributed by atoms with Crippen LogP contribution in [0.5, 0.6) is 0 Å². The predicted molar refractivity (Wildman–Crippen MR) is 142 cm³/mol. The first kappa shape index (κ1) is 28.9. The lowest BCUT2D eigenvalue weighted by atomic mass is 10.1. The number of carbonyl (C=O) groups is 2. The van der Waals surface area contributed by atoms with Crippen molar-refractivity contribution in [3.8, 4) is 0 Å². The van der Waals surface area contributed by atoms with Crippen LogP contribution in [0.25, 0.3) is 0 Å². The number of sulfonamides is 1. The largest absolute Gasteiger partial charge is 0.352 e. The van der Waals surface area contributed by atoms with E-state index in [1.165, 1.54) is 4.90 Å². The summed E-state index contributed by atoms with van der Waals surface area (Å²) in [6.07, 6.45) is 1.96. The number of benzene rings is 2. The summed E-state index contributed by atoms with van der Waals surface area (Å²) < 4.78 is 26.6. The molecule has 2 aromatic rings. The number of nitrogens with zero attached hydrogens (tertiary/aromatic N) is 2. The van der Waals surface area contributed by atoms with Gasteiger partial charge >= 0.3 is 0 Å². The SMILES string of the molecule is CCc1ccccc1N(CC(=O)N(Cc1c(Cl)cccc1Cl)[C@H](CC)C(=O)NC(C)C)S(C)(=O)=O. The van der Waals surface area contributed by atoms with Crippen molar-refractivity contribution < 1.29 is 18.0 Å². The van der Waals surface area contributed by atoms with Crippen molar-refractivity contribution in [1.82, 2.24) is 10.2 Å². The van der Waals surface area contributed by atoms with Gasteiger partial charge in [-0.25, -0.2) is 8.42 Å². The molecule has 0 aliphatic rings. The van der Waals surface area contributed by atoms with Gasteiger partial charge < -0.3 is 10.2 Å². The van der Waals surface area contributed by atoms with Crippen molar-refractivity contribution in [3.63, 3.8) is 0 Å². The normalized spacial score (nSPS) is 12.3. The molecule has 0 heterocycles. The number of hydrogen-bond acceptors (Lipinski definition) is 4. The minimum absolute atomic E-state index is 0.0472. The summed E-state index contributed by atoms with van der Waals surface area (Å²) in [7, 11) is -3.81. The zero-order chi connectivity index (χ0) is 26.3. The number of aryl methyl sites for hydroxylation is 1. The highest BCUT2D eigenvalue weighted by molar-refractivity contribution is 7.92. The standard InChI is InChI=1S/C25H33Cl2N3O4S/c1-6-18-11-8-9-14-23(18)30(35(5,33)34)16-24(31)29(22(7-2)25(32)28-17(3)4)15-19-20(26)12-10-13-21(19)27/h8-14,17,22H,6-7,15-16H2,1-5H3,(H,28,32)/t22-/m1/s1. The monoisotopic (exact) mass is 541 g/mol. The van der Waals surface area contributed by atoms with Gasteiger partial charge in [0.25, 0.3) is 0 Å². The summed E-state index contributed by atoms with van der Waals surface area (Å²) in [5, 5.41) is 3.55. The summed E-state index contributed by atoms with van der Waals surface area (Å²) in [6, 6.07) is 11.1. The Bertz CT molecular complexity index is 1130. The van der Waals surface area contributed by atoms with Gasteiger partial charge in [0.2, 0.25) is 21.8 Å². The Morgan fingerprint density at radius 2 is 1.60 bits per heavy atom. The number of anilines is 1. The van der Waals surface area contributed by atoms with Crippen LogP contribution in [0.4, 0.5) is 5.69 Å². The Kier molecular flexibility index (Phi) is 10.4. The molecule has 35 heavy (non-hydrogen) atoms. The molecular formula is C25H33Cl2N3O4S. The molecule has 2 amide bonds. The predicted octanol–water partition coefficient (Wildman–Crippen LogP) is 4.65. The van der Waals surface area contributed by atoms with Crippen LogP contribution in [0, 0.1) is 0 Å². The third-order valence-corrected chi connectivity index (χ3v) is 7.36. The number of hydrogen-bond donors (Lipinski definition) is 1. The fourth-order valence-electron chi connectivity index (χ4n) is 3.80. The van der Waals surface area contributed by atoms with E-state index in [0.29, 0.717) is 34.1 Å². The Hall–Kier alpha value is -2.29. The third kappa shape index (κ3) is 7.59. The van der Waals surface area contributed by atoms with E-state index in [4.69, 9.17) is 23.2 Å². The third-order valence-electron chi connectivity index (χ3n) is 5.53. The summed E-state index contributed by atoms with van der Waals surface area (Å²) in [5.41, 5.74) is 1.71. The number of carbonyl (C=O) groups excluding carboxylic acids is 2. The van der Waals surface area contributed by atoms with Gasteiger partial charge in [-0.3, -0.25) is 13.9 Å². The van der Waals surface area contributed by atoms with Crippen molar-refractivity contribution in [1.29, 1.82) is 0 Å². The van der Waals surface area contributed by atoms with Gasteiger partial charge in [-0.05, 0) is 50.5 Å². The van der Waals surface area contributed by atoms with Crippen LogP contribution in [-0.4, -0.2) is 50.0 Å². The zero-order valence-corrected chi connectivity index (χ0v) is 23.0. The van der Waals surface area contributed by atoms with Crippen molar-refractivity contribution >= 4 is 50.7 Å². The average molecular weight is 543 g/mol. The molecule has 0 unspecified atom stereocenters. The highest BCUT2D eigenvalue weighted by Gasteiger charge is 2.33. The molecule has 1 atom stereocenters. The minimum atomic E-state index is -3.81. The molecular weight excluding hydrogens is 509 g/mol. The number of halogens is 2. The first-order valence-electron chi connectivity index (χ1n) is 11.5. The maximum Gasteiger partial charge on any atom is 0.244 e. The molecule has 0 aromatic heterocycles. The lowest BCUT2D eigenvalue weighted by Crippen LogP contribution is -2.53. The van der Waals surface area contributed by atoms with Crippen molar-refractivity contribution in [2.75, 3.05) is 17.1 Å². The Labute approximate surface area is 218 Å². The molecule has 0 aliphatic heterocycles. The maximum absolute atomic E-state index is 13.7. The molecule has 7 nitrogen and oxygen atoms in total. The Balaban J connectivity index is 2.54. The second kappa shape index (κ2) is 12.6. The first-order valence-corrected chi connectivity index (χ1v) is 14.1. The smallest absolute Gasteiger partial charge is 0.244 e. The number of rotatable bonds is 11. The maximum atomic E-state index is 13.7. The average Bonchev–Trinajstić information content (AvgIpc) is 2.77. The zero-order valence-electron chi connectivity index (χ0n) is 20.7. The van der Waals surface area contributed by atoms with Gasteiger partial charge in [-0.15, -0.1) is 0 Å². The molecule has 0 aliphatic carbocycles. The molecule has 192 valence electrons. The topological polar surface area (TPSA) is 86.8 Å². The van der Waals surface area contributed by atoms with E-state index in [9.17, 15) is 18.0 Å². The lowest BCUT2D eigenvalue weighted by Gasteiger charge is -2.34. The van der Waals surface area contributed by atoms with Gasteiger partial charge in [0.15, 0.2) is 0 Å². The van der Waals surface area contributed by atoms with Gasteiger partial charge in [-0.1, -0.05) is 61.3 Å². The molecule has 0 fully saturated rings. The van der Waals surface area contributed by atoms with E-state index in [-0.39, 0.29) is 18.5 Å². The molecule has 10 heteroatoms. The van der Waals surface area contributed by atoms with E-state index in [0.717, 1.165) is 16.1 Å². The Morgan fingerprint density at radius 3 is 2.11 bits per heavy atom. The van der Waals surface area contributed by atoms with Crippen LogP contribution in [0.3, 0.4) is 0 Å². The second-order valence-electron chi connectivity index (χ2n) is 8.56. The van der Waals surface area contributed by atoms with E-state index >= 15 is 0 Å². The first-order chi connectivity index (χ1) is 16.4. The van der Waals surface area contributed by atoms with E-state index in [1.54, 1.807) is 37.3 Å². The van der Waals surface area contributed by atoms with Crippen LogP contribution in [0.1, 0.15) is 45.2 Å². The van der Waals surface area contributed by atoms with Gasteiger partial charge in [0, 0.05) is 28.2 Å². The van der Waals surface area contributed by atoms with E-state index in [2.05, 4.69) is 5.32 Å². The highest BCUT2D eigenvalue weighted by Crippen LogP contribution is 2.28. The highest BCUT2D eigenvalue weighted by atomic mass is 35.5. The van der Waals surface area contributed by atoms with Crippen molar-refractivity contribution in [2.45, 2.75) is 59.2 Å². The molecule has 0 saturated heterocycles. The number of nitrogens with one attached hydrogen (secondary N) is 1. The molecule has 2 rings (SSSR count). The summed E-state index contributed by atoms with van der Waals surface area (Å²) in [5.74, 6) is -0.873. The minimum Gasteiger partial charge on any atom is -0.352 e. The molecule has 0 spiro atoms. The summed E-state index contributed by atoms with van der Waals surface area (Å²) >= 11 is 12.7. The lowest BCUT2D eigenvalue weighted by molar-refractivity contribution is -0.140. The van der Waals surface area contributed by atoms with Crippen molar-refractivity contribution in [2.24, 2.45) is 0 Å². The van der Waals surface area contributed by atoms with Crippen LogP contribution in [0.15, 0.2) is 42.5 Å². The molecule has 0 bridgehead atoms. The van der Waals surface area contributed by atoms with E-state index in [1.807, 2.05) is 32.9 Å². The van der Waals surface area contributed by atoms with Gasteiger partial charge in [0.05, 0.1) is 11.9 Å². The fraction of sp³-hybridized carbons (Fsp3) is 0.440. The van der Waals surface area contributed by atoms with Gasteiger partial charge in [0.1, 0.15) is 12.6 Å². The quantitative estimate of drug-likeness (QED) is 0.448. The fourth-order valence-corrected chi connectivity index (χ4v) is 5.20. The van der Waals surface area contributed by atoms with Gasteiger partial charge in [-0.2, -0.15) is 0 Å². The van der Waals surface area contributed by atoms with E-state index < -0.39 is 28.5 Å². The number of amides is 2. The summed E-state index contributed by atoms with van der Waals surface area (Å²) in [4.78, 5) is 28.1. The van der Waals surface area contributed by atoms with Crippen LogP contribution in [-0.2, 0) is 32.6 Å².